The third kappa shape index (κ3) is 4.58. The molecule has 2 aromatic rings. The van der Waals surface area contributed by atoms with Gasteiger partial charge in [0.1, 0.15) is 6.61 Å². The minimum absolute atomic E-state index is 0.0306. The fourth-order valence-electron chi connectivity index (χ4n) is 1.72. The molecule has 1 aromatic carbocycles. The summed E-state index contributed by atoms with van der Waals surface area (Å²) in [7, 11) is 0. The summed E-state index contributed by atoms with van der Waals surface area (Å²) in [6, 6.07) is 14.7. The molecule has 2 rings (SSSR count). The van der Waals surface area contributed by atoms with E-state index in [1.54, 1.807) is 18.2 Å². The van der Waals surface area contributed by atoms with Crippen molar-refractivity contribution in [3.05, 3.63) is 59.8 Å². The summed E-state index contributed by atoms with van der Waals surface area (Å²) in [5.74, 6) is 0.359. The summed E-state index contributed by atoms with van der Waals surface area (Å²) in [6.45, 7) is 6.35. The quantitative estimate of drug-likeness (QED) is 0.760. The van der Waals surface area contributed by atoms with Crippen molar-refractivity contribution < 1.29 is 14.3 Å². The van der Waals surface area contributed by atoms with Crippen LogP contribution >= 0.6 is 0 Å². The highest BCUT2D eigenvalue weighted by atomic mass is 16.5. The van der Waals surface area contributed by atoms with Crippen LogP contribution in [0.5, 0.6) is 5.88 Å². The molecule has 0 aliphatic rings. The number of nitrogens with zero attached hydrogens (tertiary/aromatic N) is 1. The molecule has 4 nitrogen and oxygen atoms in total. The van der Waals surface area contributed by atoms with Gasteiger partial charge >= 0.3 is 5.97 Å². The normalized spacial score (nSPS) is 12.0. The zero-order chi connectivity index (χ0) is 15.9. The van der Waals surface area contributed by atoms with E-state index in [0.29, 0.717) is 11.8 Å². The number of hydrogen-bond acceptors (Lipinski definition) is 4. The summed E-state index contributed by atoms with van der Waals surface area (Å²) in [4.78, 5) is 16.3. The number of pyridine rings is 1. The second-order valence-corrected chi connectivity index (χ2v) is 5.49. The van der Waals surface area contributed by atoms with E-state index in [2.05, 4.69) is 18.8 Å². The number of benzene rings is 1. The lowest BCUT2D eigenvalue weighted by atomic mass is 10.1. The molecule has 1 unspecified atom stereocenters. The molecule has 0 radical (unpaired) electrons. The van der Waals surface area contributed by atoms with E-state index < -0.39 is 5.97 Å². The van der Waals surface area contributed by atoms with E-state index in [9.17, 15) is 4.79 Å². The van der Waals surface area contributed by atoms with Gasteiger partial charge in [-0.3, -0.25) is 0 Å². The van der Waals surface area contributed by atoms with Crippen LogP contribution in [-0.2, 0) is 11.3 Å². The molecule has 0 amide bonds. The van der Waals surface area contributed by atoms with Gasteiger partial charge in [0.05, 0.1) is 6.10 Å². The van der Waals surface area contributed by atoms with Gasteiger partial charge in [-0.25, -0.2) is 9.78 Å². The van der Waals surface area contributed by atoms with E-state index in [4.69, 9.17) is 9.47 Å². The monoisotopic (exact) mass is 299 g/mol. The van der Waals surface area contributed by atoms with Crippen LogP contribution in [0.1, 0.15) is 36.8 Å². The molecule has 22 heavy (non-hydrogen) atoms. The predicted octanol–water partition coefficient (Wildman–Crippen LogP) is 3.86. The maximum absolute atomic E-state index is 12.0. The van der Waals surface area contributed by atoms with Crippen LogP contribution in [0.15, 0.2) is 48.5 Å². The molecular formula is C18H21NO3. The number of carbonyl (C=O) groups is 1. The Bertz CT molecular complexity index is 611. The fourth-order valence-corrected chi connectivity index (χ4v) is 1.72. The molecule has 1 heterocycles. The van der Waals surface area contributed by atoms with Crippen LogP contribution in [0.3, 0.4) is 0 Å². The van der Waals surface area contributed by atoms with Gasteiger partial charge in [-0.05, 0) is 24.5 Å². The lowest BCUT2D eigenvalue weighted by Crippen LogP contribution is -2.19. The number of carbonyl (C=O) groups excluding carboxylic acids is 1. The molecule has 0 saturated carbocycles. The number of aromatic nitrogens is 1. The van der Waals surface area contributed by atoms with Gasteiger partial charge in [0, 0.05) is 6.07 Å². The zero-order valence-corrected chi connectivity index (χ0v) is 13.2. The molecule has 0 bridgehead atoms. The second kappa shape index (κ2) is 7.59. The highest BCUT2D eigenvalue weighted by Gasteiger charge is 2.13. The van der Waals surface area contributed by atoms with Gasteiger partial charge in [-0.15, -0.1) is 0 Å². The maximum Gasteiger partial charge on any atom is 0.357 e. The third-order valence-corrected chi connectivity index (χ3v) is 3.39. The van der Waals surface area contributed by atoms with Crippen molar-refractivity contribution in [2.75, 3.05) is 0 Å². The standard InChI is InChI=1S/C18H21NO3/c1-13(2)14(3)22-17-11-7-10-16(19-17)18(20)21-12-15-8-5-4-6-9-15/h4-11,13-14H,12H2,1-3H3. The van der Waals surface area contributed by atoms with Crippen molar-refractivity contribution in [1.82, 2.24) is 4.98 Å². The van der Waals surface area contributed by atoms with Crippen LogP contribution in [0.4, 0.5) is 0 Å². The van der Waals surface area contributed by atoms with Crippen molar-refractivity contribution in [2.24, 2.45) is 5.92 Å². The Balaban J connectivity index is 1.98. The van der Waals surface area contributed by atoms with Gasteiger partial charge in [0.2, 0.25) is 5.88 Å². The minimum Gasteiger partial charge on any atom is -0.474 e. The van der Waals surface area contributed by atoms with E-state index in [1.807, 2.05) is 37.3 Å². The van der Waals surface area contributed by atoms with Gasteiger partial charge < -0.3 is 9.47 Å². The molecule has 1 aromatic heterocycles. The Kier molecular flexibility index (Phi) is 5.53. The topological polar surface area (TPSA) is 48.4 Å². The molecule has 0 spiro atoms. The molecule has 4 heteroatoms. The summed E-state index contributed by atoms with van der Waals surface area (Å²) < 4.78 is 11.0. The van der Waals surface area contributed by atoms with Crippen LogP contribution in [-0.4, -0.2) is 17.1 Å². The number of ether oxygens (including phenoxy) is 2. The molecule has 0 aliphatic heterocycles. The lowest BCUT2D eigenvalue weighted by Gasteiger charge is -2.17. The van der Waals surface area contributed by atoms with Crippen LogP contribution in [0, 0.1) is 5.92 Å². The first-order chi connectivity index (χ1) is 10.6. The molecule has 0 N–H and O–H groups in total. The molecule has 0 aliphatic carbocycles. The summed E-state index contributed by atoms with van der Waals surface area (Å²) >= 11 is 0. The SMILES string of the molecule is CC(C)C(C)Oc1cccc(C(=O)OCc2ccccc2)n1. The van der Waals surface area contributed by atoms with E-state index in [0.717, 1.165) is 5.56 Å². The van der Waals surface area contributed by atoms with E-state index in [1.165, 1.54) is 0 Å². The summed E-state index contributed by atoms with van der Waals surface area (Å²) in [5.41, 5.74) is 1.20. The Hall–Kier alpha value is -2.36. The van der Waals surface area contributed by atoms with Gasteiger partial charge in [0.25, 0.3) is 0 Å². The number of esters is 1. The van der Waals surface area contributed by atoms with Crippen molar-refractivity contribution in [1.29, 1.82) is 0 Å². The lowest BCUT2D eigenvalue weighted by molar-refractivity contribution is 0.0463. The first kappa shape index (κ1) is 16.0. The van der Waals surface area contributed by atoms with Crippen molar-refractivity contribution in [3.63, 3.8) is 0 Å². The highest BCUT2D eigenvalue weighted by Crippen LogP contribution is 2.14. The van der Waals surface area contributed by atoms with Crippen LogP contribution in [0.25, 0.3) is 0 Å². The fraction of sp³-hybridized carbons (Fsp3) is 0.333. The first-order valence-electron chi connectivity index (χ1n) is 7.41. The van der Waals surface area contributed by atoms with Gasteiger partial charge in [0.15, 0.2) is 5.69 Å². The zero-order valence-electron chi connectivity index (χ0n) is 13.2. The Labute approximate surface area is 131 Å². The summed E-state index contributed by atoms with van der Waals surface area (Å²) in [5, 5.41) is 0. The molecular weight excluding hydrogens is 278 g/mol. The molecule has 1 atom stereocenters. The number of hydrogen-bond donors (Lipinski definition) is 0. The van der Waals surface area contributed by atoms with Crippen LogP contribution in [0.2, 0.25) is 0 Å². The molecule has 116 valence electrons. The smallest absolute Gasteiger partial charge is 0.357 e. The second-order valence-electron chi connectivity index (χ2n) is 5.49. The summed E-state index contributed by atoms with van der Waals surface area (Å²) in [6.07, 6.45) is 0.0306. The first-order valence-corrected chi connectivity index (χ1v) is 7.41. The molecule has 0 fully saturated rings. The molecule has 0 saturated heterocycles. The van der Waals surface area contributed by atoms with Crippen molar-refractivity contribution >= 4 is 5.97 Å². The average molecular weight is 299 g/mol. The van der Waals surface area contributed by atoms with Gasteiger partial charge in [-0.2, -0.15) is 0 Å². The average Bonchev–Trinajstić information content (AvgIpc) is 2.53. The minimum atomic E-state index is -0.452. The van der Waals surface area contributed by atoms with E-state index >= 15 is 0 Å². The Morgan fingerprint density at radius 3 is 2.45 bits per heavy atom. The van der Waals surface area contributed by atoms with Crippen molar-refractivity contribution in [2.45, 2.75) is 33.5 Å². The van der Waals surface area contributed by atoms with Gasteiger partial charge in [-0.1, -0.05) is 50.2 Å². The maximum atomic E-state index is 12.0. The van der Waals surface area contributed by atoms with Crippen LogP contribution < -0.4 is 4.74 Å². The number of rotatable bonds is 6. The third-order valence-electron chi connectivity index (χ3n) is 3.39. The highest BCUT2D eigenvalue weighted by molar-refractivity contribution is 5.87. The largest absolute Gasteiger partial charge is 0.474 e. The van der Waals surface area contributed by atoms with E-state index in [-0.39, 0.29) is 18.4 Å². The predicted molar refractivity (Wildman–Crippen MR) is 84.7 cm³/mol. The Morgan fingerprint density at radius 1 is 1.05 bits per heavy atom. The Morgan fingerprint density at radius 2 is 1.77 bits per heavy atom. The van der Waals surface area contributed by atoms with Crippen molar-refractivity contribution in [3.8, 4) is 5.88 Å².